The van der Waals surface area contributed by atoms with E-state index in [4.69, 9.17) is 5.73 Å². The zero-order valence-electron chi connectivity index (χ0n) is 12.3. The summed E-state index contributed by atoms with van der Waals surface area (Å²) in [6, 6.07) is 8.32. The molecule has 1 amide bonds. The van der Waals surface area contributed by atoms with Crippen molar-refractivity contribution in [3.8, 4) is 0 Å². The van der Waals surface area contributed by atoms with Crippen molar-refractivity contribution in [1.29, 1.82) is 0 Å². The Kier molecular flexibility index (Phi) is 4.10. The minimum atomic E-state index is -0.637. The van der Waals surface area contributed by atoms with Crippen molar-refractivity contribution in [2.75, 3.05) is 6.54 Å². The lowest BCUT2D eigenvalue weighted by Crippen LogP contribution is -2.56. The molecule has 0 bridgehead atoms. The van der Waals surface area contributed by atoms with E-state index in [1.165, 1.54) is 12.0 Å². The predicted octanol–water partition coefficient (Wildman–Crippen LogP) is 3.26. The molecule has 21 heavy (non-hydrogen) atoms. The van der Waals surface area contributed by atoms with Gasteiger partial charge in [-0.2, -0.15) is 0 Å². The summed E-state index contributed by atoms with van der Waals surface area (Å²) in [6.07, 6.45) is 7.24. The van der Waals surface area contributed by atoms with Crippen LogP contribution in [0, 0.1) is 0 Å². The van der Waals surface area contributed by atoms with Gasteiger partial charge in [0.1, 0.15) is 0 Å². The van der Waals surface area contributed by atoms with E-state index in [-0.39, 0.29) is 11.3 Å². The van der Waals surface area contributed by atoms with Crippen LogP contribution in [0.1, 0.15) is 50.5 Å². The molecule has 0 saturated heterocycles. The molecular formula is C17H23BrN2O. The highest BCUT2D eigenvalue weighted by molar-refractivity contribution is 9.10. The number of nitrogens with two attached hydrogens (primary N) is 1. The van der Waals surface area contributed by atoms with Gasteiger partial charge in [-0.15, -0.1) is 0 Å². The maximum atomic E-state index is 12.5. The Morgan fingerprint density at radius 1 is 1.14 bits per heavy atom. The molecule has 0 heterocycles. The van der Waals surface area contributed by atoms with Crippen LogP contribution in [0.4, 0.5) is 0 Å². The van der Waals surface area contributed by atoms with Crippen molar-refractivity contribution in [2.24, 2.45) is 5.73 Å². The molecule has 2 fully saturated rings. The van der Waals surface area contributed by atoms with Crippen molar-refractivity contribution in [3.63, 3.8) is 0 Å². The van der Waals surface area contributed by atoms with Crippen LogP contribution >= 0.6 is 15.9 Å². The minimum Gasteiger partial charge on any atom is -0.354 e. The van der Waals surface area contributed by atoms with Gasteiger partial charge in [0.15, 0.2) is 0 Å². The number of rotatable bonds is 4. The topological polar surface area (TPSA) is 55.1 Å². The first-order chi connectivity index (χ1) is 10.1. The zero-order chi connectivity index (χ0) is 14.9. The van der Waals surface area contributed by atoms with E-state index in [0.717, 1.165) is 43.0 Å². The summed E-state index contributed by atoms with van der Waals surface area (Å²) < 4.78 is 1.14. The highest BCUT2D eigenvalue weighted by atomic mass is 79.9. The second kappa shape index (κ2) is 5.73. The Hall–Kier alpha value is -0.870. The summed E-state index contributed by atoms with van der Waals surface area (Å²) in [5.74, 6) is 0.0422. The quantitative estimate of drug-likeness (QED) is 0.875. The molecule has 0 radical (unpaired) electrons. The van der Waals surface area contributed by atoms with Gasteiger partial charge in [-0.25, -0.2) is 0 Å². The molecule has 0 aromatic heterocycles. The predicted molar refractivity (Wildman–Crippen MR) is 88.1 cm³/mol. The Bertz CT molecular complexity index is 533. The molecule has 2 saturated carbocycles. The highest BCUT2D eigenvalue weighted by Gasteiger charge is 2.46. The highest BCUT2D eigenvalue weighted by Crippen LogP contribution is 2.50. The molecule has 114 valence electrons. The van der Waals surface area contributed by atoms with Crippen LogP contribution in [-0.2, 0) is 10.2 Å². The van der Waals surface area contributed by atoms with Crippen molar-refractivity contribution in [3.05, 3.63) is 34.3 Å². The summed E-state index contributed by atoms with van der Waals surface area (Å²) in [4.78, 5) is 12.5. The van der Waals surface area contributed by atoms with Gasteiger partial charge in [0.25, 0.3) is 0 Å². The maximum absolute atomic E-state index is 12.5. The van der Waals surface area contributed by atoms with Crippen LogP contribution in [-0.4, -0.2) is 18.0 Å². The number of carbonyl (C=O) groups is 1. The van der Waals surface area contributed by atoms with Crippen LogP contribution in [0.3, 0.4) is 0 Å². The van der Waals surface area contributed by atoms with Crippen molar-refractivity contribution in [1.82, 2.24) is 5.32 Å². The van der Waals surface area contributed by atoms with Crippen LogP contribution in [0.5, 0.6) is 0 Å². The summed E-state index contributed by atoms with van der Waals surface area (Å²) in [6.45, 7) is 0.702. The zero-order valence-corrected chi connectivity index (χ0v) is 13.9. The van der Waals surface area contributed by atoms with Crippen LogP contribution in [0.25, 0.3) is 0 Å². The van der Waals surface area contributed by atoms with Crippen LogP contribution < -0.4 is 11.1 Å². The third-order valence-corrected chi connectivity index (χ3v) is 5.78. The molecule has 3 N–H and O–H groups in total. The SMILES string of the molecule is NC1(C(=O)NCC2(c3ccccc3Br)CC2)CCCCC1. The molecule has 0 atom stereocenters. The lowest BCUT2D eigenvalue weighted by atomic mass is 9.81. The molecule has 0 unspecified atom stereocenters. The summed E-state index contributed by atoms with van der Waals surface area (Å²) in [5.41, 5.74) is 7.08. The Balaban J connectivity index is 1.65. The molecule has 3 nitrogen and oxygen atoms in total. The lowest BCUT2D eigenvalue weighted by molar-refractivity contribution is -0.127. The van der Waals surface area contributed by atoms with Gasteiger partial charge in [0.05, 0.1) is 5.54 Å². The largest absolute Gasteiger partial charge is 0.354 e. The molecule has 4 heteroatoms. The molecular weight excluding hydrogens is 328 g/mol. The Morgan fingerprint density at radius 3 is 2.43 bits per heavy atom. The molecule has 2 aliphatic rings. The number of hydrogen-bond donors (Lipinski definition) is 2. The van der Waals surface area contributed by atoms with E-state index in [0.29, 0.717) is 6.54 Å². The van der Waals surface area contributed by atoms with Gasteiger partial charge in [0, 0.05) is 16.4 Å². The smallest absolute Gasteiger partial charge is 0.240 e. The lowest BCUT2D eigenvalue weighted by Gasteiger charge is -2.32. The third-order valence-electron chi connectivity index (χ3n) is 5.08. The first-order valence-electron chi connectivity index (χ1n) is 7.88. The second-order valence-electron chi connectivity index (χ2n) is 6.66. The van der Waals surface area contributed by atoms with Gasteiger partial charge in [-0.3, -0.25) is 4.79 Å². The van der Waals surface area contributed by atoms with E-state index in [1.807, 2.05) is 6.07 Å². The van der Waals surface area contributed by atoms with Crippen LogP contribution in [0.15, 0.2) is 28.7 Å². The molecule has 1 aromatic carbocycles. The molecule has 2 aliphatic carbocycles. The van der Waals surface area contributed by atoms with E-state index in [2.05, 4.69) is 39.4 Å². The Labute approximate surface area is 134 Å². The van der Waals surface area contributed by atoms with Crippen molar-refractivity contribution >= 4 is 21.8 Å². The van der Waals surface area contributed by atoms with Gasteiger partial charge < -0.3 is 11.1 Å². The molecule has 0 aliphatic heterocycles. The molecule has 1 aromatic rings. The van der Waals surface area contributed by atoms with Crippen molar-refractivity contribution in [2.45, 2.75) is 55.9 Å². The fourth-order valence-corrected chi connectivity index (χ4v) is 4.12. The molecule has 3 rings (SSSR count). The standard InChI is InChI=1S/C17H23BrN2O/c18-14-7-3-2-6-13(14)16(10-11-16)12-20-15(21)17(19)8-4-1-5-9-17/h2-3,6-7H,1,4-5,8-12,19H2,(H,20,21). The van der Waals surface area contributed by atoms with Gasteiger partial charge in [0.2, 0.25) is 5.91 Å². The fraction of sp³-hybridized carbons (Fsp3) is 0.588. The van der Waals surface area contributed by atoms with Crippen LogP contribution in [0.2, 0.25) is 0 Å². The van der Waals surface area contributed by atoms with E-state index in [9.17, 15) is 4.79 Å². The first-order valence-corrected chi connectivity index (χ1v) is 8.67. The molecule has 0 spiro atoms. The Morgan fingerprint density at radius 2 is 1.81 bits per heavy atom. The number of benzene rings is 1. The maximum Gasteiger partial charge on any atom is 0.240 e. The number of halogens is 1. The average Bonchev–Trinajstić information content (AvgIpc) is 3.27. The summed E-state index contributed by atoms with van der Waals surface area (Å²) in [7, 11) is 0. The van der Waals surface area contributed by atoms with Gasteiger partial charge >= 0.3 is 0 Å². The number of nitrogens with one attached hydrogen (secondary N) is 1. The first kappa shape index (κ1) is 15.0. The minimum absolute atomic E-state index is 0.0422. The second-order valence-corrected chi connectivity index (χ2v) is 7.51. The number of carbonyl (C=O) groups excluding carboxylic acids is 1. The summed E-state index contributed by atoms with van der Waals surface area (Å²) in [5, 5.41) is 3.14. The number of hydrogen-bond acceptors (Lipinski definition) is 2. The average molecular weight is 351 g/mol. The fourth-order valence-electron chi connectivity index (χ4n) is 3.42. The van der Waals surface area contributed by atoms with E-state index < -0.39 is 5.54 Å². The van der Waals surface area contributed by atoms with Gasteiger partial charge in [-0.05, 0) is 37.3 Å². The summed E-state index contributed by atoms with van der Waals surface area (Å²) >= 11 is 3.63. The van der Waals surface area contributed by atoms with Crippen molar-refractivity contribution < 1.29 is 4.79 Å². The number of amides is 1. The van der Waals surface area contributed by atoms with E-state index in [1.54, 1.807) is 0 Å². The van der Waals surface area contributed by atoms with E-state index >= 15 is 0 Å². The third kappa shape index (κ3) is 3.02. The normalized spacial score (nSPS) is 22.6. The monoisotopic (exact) mass is 350 g/mol. The van der Waals surface area contributed by atoms with Gasteiger partial charge in [-0.1, -0.05) is 53.4 Å².